The third kappa shape index (κ3) is 5.46. The Hall–Kier alpha value is -2.08. The average molecular weight is 358 g/mol. The Balaban J connectivity index is 1.48. The van der Waals surface area contributed by atoms with Crippen LogP contribution in [-0.2, 0) is 13.1 Å². The van der Waals surface area contributed by atoms with Crippen LogP contribution in [0.2, 0.25) is 0 Å². The first kappa shape index (κ1) is 17.7. The number of rotatable bonds is 5. The van der Waals surface area contributed by atoms with E-state index in [1.54, 1.807) is 18.4 Å². The van der Waals surface area contributed by atoms with E-state index in [0.717, 1.165) is 43.5 Å². The van der Waals surface area contributed by atoms with Crippen LogP contribution in [0.3, 0.4) is 0 Å². The number of guanidine groups is 1. The summed E-state index contributed by atoms with van der Waals surface area (Å²) in [7, 11) is 1.80. The van der Waals surface area contributed by atoms with Gasteiger partial charge in [0.15, 0.2) is 5.96 Å². The van der Waals surface area contributed by atoms with Crippen LogP contribution in [-0.4, -0.2) is 31.1 Å². The van der Waals surface area contributed by atoms with Gasteiger partial charge in [-0.25, -0.2) is 4.98 Å². The van der Waals surface area contributed by atoms with Gasteiger partial charge in [0.05, 0.1) is 0 Å². The molecule has 0 bridgehead atoms. The molecule has 2 N–H and O–H groups in total. The lowest BCUT2D eigenvalue weighted by molar-refractivity contribution is 0.726. The van der Waals surface area contributed by atoms with Crippen molar-refractivity contribution in [2.75, 3.05) is 25.0 Å². The molecule has 6 heteroatoms. The first-order chi connectivity index (χ1) is 12.3. The maximum absolute atomic E-state index is 4.66. The topological polar surface area (TPSA) is 52.6 Å². The molecule has 0 unspecified atom stereocenters. The number of pyridine rings is 1. The Morgan fingerprint density at radius 1 is 1.08 bits per heavy atom. The van der Waals surface area contributed by atoms with Crippen molar-refractivity contribution in [1.29, 1.82) is 0 Å². The Morgan fingerprint density at radius 2 is 1.84 bits per heavy atom. The monoisotopic (exact) mass is 357 g/mol. The van der Waals surface area contributed by atoms with Crippen molar-refractivity contribution in [2.45, 2.75) is 38.8 Å². The molecule has 0 aliphatic carbocycles. The van der Waals surface area contributed by atoms with Gasteiger partial charge < -0.3 is 15.5 Å². The number of nitrogens with zero attached hydrogens (tertiary/aromatic N) is 3. The molecule has 2 aromatic rings. The number of thiophene rings is 1. The SMILES string of the molecule is CN=C(NCc1ccc(N2CCCCCC2)nc1)NCc1ccsc1. The molecule has 1 aliphatic heterocycles. The molecule has 0 radical (unpaired) electrons. The summed E-state index contributed by atoms with van der Waals surface area (Å²) in [6.45, 7) is 3.76. The van der Waals surface area contributed by atoms with Crippen LogP contribution in [0.1, 0.15) is 36.8 Å². The molecular weight excluding hydrogens is 330 g/mol. The van der Waals surface area contributed by atoms with E-state index in [-0.39, 0.29) is 0 Å². The zero-order chi connectivity index (χ0) is 17.3. The quantitative estimate of drug-likeness (QED) is 0.636. The standard InChI is InChI=1S/C19H27N5S/c1-20-19(23-14-17-8-11-25-15-17)22-13-16-6-7-18(21-12-16)24-9-4-2-3-5-10-24/h6-8,11-12,15H,2-5,9-10,13-14H2,1H3,(H2,20,22,23). The van der Waals surface area contributed by atoms with Crippen molar-refractivity contribution >= 4 is 23.1 Å². The summed E-state index contributed by atoms with van der Waals surface area (Å²) in [6.07, 6.45) is 7.21. The molecule has 1 aliphatic rings. The van der Waals surface area contributed by atoms with Gasteiger partial charge in [0.2, 0.25) is 0 Å². The number of aliphatic imine (C=N–C) groups is 1. The van der Waals surface area contributed by atoms with Gasteiger partial charge >= 0.3 is 0 Å². The minimum Gasteiger partial charge on any atom is -0.357 e. The van der Waals surface area contributed by atoms with Gasteiger partial charge in [-0.1, -0.05) is 18.9 Å². The zero-order valence-electron chi connectivity index (χ0n) is 14.9. The summed E-state index contributed by atoms with van der Waals surface area (Å²) in [5.74, 6) is 1.91. The highest BCUT2D eigenvalue weighted by molar-refractivity contribution is 7.07. The van der Waals surface area contributed by atoms with Gasteiger partial charge in [-0.15, -0.1) is 0 Å². The van der Waals surface area contributed by atoms with Crippen molar-refractivity contribution in [2.24, 2.45) is 4.99 Å². The van der Waals surface area contributed by atoms with E-state index in [0.29, 0.717) is 0 Å². The van der Waals surface area contributed by atoms with Crippen molar-refractivity contribution in [3.8, 4) is 0 Å². The summed E-state index contributed by atoms with van der Waals surface area (Å²) in [5, 5.41) is 10.9. The van der Waals surface area contributed by atoms with E-state index >= 15 is 0 Å². The number of hydrogen-bond acceptors (Lipinski definition) is 4. The largest absolute Gasteiger partial charge is 0.357 e. The van der Waals surface area contributed by atoms with Gasteiger partial charge in [0, 0.05) is 39.4 Å². The molecule has 2 aromatic heterocycles. The van der Waals surface area contributed by atoms with Crippen molar-refractivity contribution < 1.29 is 0 Å². The van der Waals surface area contributed by atoms with Crippen LogP contribution in [0.25, 0.3) is 0 Å². The second-order valence-corrected chi connectivity index (χ2v) is 7.12. The van der Waals surface area contributed by atoms with Crippen LogP contribution in [0, 0.1) is 0 Å². The summed E-state index contributed by atoms with van der Waals surface area (Å²) in [4.78, 5) is 11.3. The molecule has 0 amide bonds. The summed E-state index contributed by atoms with van der Waals surface area (Å²) < 4.78 is 0. The van der Waals surface area contributed by atoms with E-state index in [1.807, 2.05) is 6.20 Å². The van der Waals surface area contributed by atoms with E-state index in [4.69, 9.17) is 0 Å². The highest BCUT2D eigenvalue weighted by atomic mass is 32.1. The lowest BCUT2D eigenvalue weighted by atomic mass is 10.2. The van der Waals surface area contributed by atoms with E-state index < -0.39 is 0 Å². The number of aromatic nitrogens is 1. The fraction of sp³-hybridized carbons (Fsp3) is 0.474. The maximum atomic E-state index is 4.66. The Kier molecular flexibility index (Phi) is 6.68. The fourth-order valence-corrected chi connectivity index (χ4v) is 3.66. The van der Waals surface area contributed by atoms with Gasteiger partial charge in [-0.2, -0.15) is 11.3 Å². The summed E-state index contributed by atoms with van der Waals surface area (Å²) in [5.41, 5.74) is 2.44. The number of nitrogens with one attached hydrogen (secondary N) is 2. The molecule has 3 rings (SSSR count). The van der Waals surface area contributed by atoms with E-state index in [9.17, 15) is 0 Å². The summed E-state index contributed by atoms with van der Waals surface area (Å²) >= 11 is 1.71. The average Bonchev–Trinajstić information content (AvgIpc) is 3.03. The molecule has 25 heavy (non-hydrogen) atoms. The third-order valence-electron chi connectivity index (χ3n) is 4.46. The second-order valence-electron chi connectivity index (χ2n) is 6.34. The number of hydrogen-bond donors (Lipinski definition) is 2. The van der Waals surface area contributed by atoms with Crippen molar-refractivity contribution in [3.05, 3.63) is 46.3 Å². The zero-order valence-corrected chi connectivity index (χ0v) is 15.7. The van der Waals surface area contributed by atoms with Gasteiger partial charge in [-0.05, 0) is 46.9 Å². The second kappa shape index (κ2) is 9.42. The smallest absolute Gasteiger partial charge is 0.191 e. The third-order valence-corrected chi connectivity index (χ3v) is 5.19. The molecule has 1 fully saturated rings. The Bertz CT molecular complexity index is 643. The molecule has 5 nitrogen and oxygen atoms in total. The Labute approximate surface area is 154 Å². The highest BCUT2D eigenvalue weighted by Gasteiger charge is 2.10. The lowest BCUT2D eigenvalue weighted by Gasteiger charge is -2.21. The van der Waals surface area contributed by atoms with E-state index in [2.05, 4.69) is 54.5 Å². The molecule has 0 spiro atoms. The molecule has 0 aromatic carbocycles. The summed E-state index contributed by atoms with van der Waals surface area (Å²) in [6, 6.07) is 6.42. The van der Waals surface area contributed by atoms with Crippen LogP contribution >= 0.6 is 11.3 Å². The molecule has 0 atom stereocenters. The molecular formula is C19H27N5S. The predicted octanol–water partition coefficient (Wildman–Crippen LogP) is 3.39. The highest BCUT2D eigenvalue weighted by Crippen LogP contribution is 2.17. The maximum Gasteiger partial charge on any atom is 0.191 e. The molecule has 1 saturated heterocycles. The van der Waals surface area contributed by atoms with E-state index in [1.165, 1.54) is 31.2 Å². The molecule has 134 valence electrons. The normalized spacial score (nSPS) is 15.7. The number of anilines is 1. The lowest BCUT2D eigenvalue weighted by Crippen LogP contribution is -2.36. The van der Waals surface area contributed by atoms with Crippen molar-refractivity contribution in [1.82, 2.24) is 15.6 Å². The van der Waals surface area contributed by atoms with Crippen LogP contribution < -0.4 is 15.5 Å². The van der Waals surface area contributed by atoms with Crippen LogP contribution in [0.15, 0.2) is 40.1 Å². The minimum absolute atomic E-state index is 0.719. The minimum atomic E-state index is 0.719. The van der Waals surface area contributed by atoms with Gasteiger partial charge in [0.25, 0.3) is 0 Å². The Morgan fingerprint density at radius 3 is 2.44 bits per heavy atom. The van der Waals surface area contributed by atoms with Crippen LogP contribution in [0.5, 0.6) is 0 Å². The van der Waals surface area contributed by atoms with Crippen LogP contribution in [0.4, 0.5) is 5.82 Å². The van der Waals surface area contributed by atoms with Crippen molar-refractivity contribution in [3.63, 3.8) is 0 Å². The van der Waals surface area contributed by atoms with Gasteiger partial charge in [0.1, 0.15) is 5.82 Å². The fourth-order valence-electron chi connectivity index (χ4n) is 2.99. The first-order valence-electron chi connectivity index (χ1n) is 9.00. The predicted molar refractivity (Wildman–Crippen MR) is 106 cm³/mol. The molecule has 3 heterocycles. The van der Waals surface area contributed by atoms with Gasteiger partial charge in [-0.3, -0.25) is 4.99 Å². The first-order valence-corrected chi connectivity index (χ1v) is 9.95. The molecule has 0 saturated carbocycles.